The quantitative estimate of drug-likeness (QED) is 0.261. The Morgan fingerprint density at radius 3 is 2.64 bits per heavy atom. The Labute approximate surface area is 269 Å². The van der Waals surface area contributed by atoms with Gasteiger partial charge in [-0.25, -0.2) is 4.79 Å². The lowest BCUT2D eigenvalue weighted by Gasteiger charge is -2.23. The topological polar surface area (TPSA) is 95.9 Å². The van der Waals surface area contributed by atoms with Crippen LogP contribution in [0.4, 0.5) is 5.69 Å². The summed E-state index contributed by atoms with van der Waals surface area (Å²) in [6.45, 7) is 0.388. The lowest BCUT2D eigenvalue weighted by Crippen LogP contribution is -2.34. The number of carboxylic acid groups (broad SMARTS) is 1. The van der Waals surface area contributed by atoms with Crippen molar-refractivity contribution >= 4 is 51.2 Å². The van der Waals surface area contributed by atoms with Gasteiger partial charge in [-0.15, -0.1) is 11.8 Å². The van der Waals surface area contributed by atoms with Gasteiger partial charge in [-0.05, 0) is 79.4 Å². The summed E-state index contributed by atoms with van der Waals surface area (Å²) >= 11 is 4.83. The lowest BCUT2D eigenvalue weighted by molar-refractivity contribution is -0.124. The fraction of sp³-hybridized carbons (Fsp3) is 0.229. The van der Waals surface area contributed by atoms with Crippen molar-refractivity contribution in [3.05, 3.63) is 117 Å². The van der Waals surface area contributed by atoms with Crippen molar-refractivity contribution in [2.45, 2.75) is 36.3 Å². The number of rotatable bonds is 9. The van der Waals surface area contributed by atoms with E-state index in [1.165, 1.54) is 23.9 Å². The zero-order valence-electron chi connectivity index (χ0n) is 23.9. The van der Waals surface area contributed by atoms with Crippen LogP contribution in [0, 0.1) is 24.0 Å². The second kappa shape index (κ2) is 14.4. The summed E-state index contributed by atoms with van der Waals surface area (Å²) in [6.07, 6.45) is 8.58. The number of anilines is 1. The molecule has 0 aromatic heterocycles. The van der Waals surface area contributed by atoms with Crippen LogP contribution in [0.1, 0.15) is 51.7 Å². The summed E-state index contributed by atoms with van der Waals surface area (Å²) < 4.78 is 6.34. The first kappa shape index (κ1) is 31.0. The Kier molecular flexibility index (Phi) is 10.1. The number of aromatic carboxylic acids is 1. The molecule has 0 unspecified atom stereocenters. The third-order valence-electron chi connectivity index (χ3n) is 7.17. The van der Waals surface area contributed by atoms with Crippen molar-refractivity contribution in [2.24, 2.45) is 0 Å². The second-order valence-corrected chi connectivity index (χ2v) is 12.4. The van der Waals surface area contributed by atoms with E-state index in [1.54, 1.807) is 24.1 Å². The fourth-order valence-corrected chi connectivity index (χ4v) is 6.74. The number of allylic oxidation sites excluding steroid dienone is 4. The number of carboxylic acids is 1. The minimum absolute atomic E-state index is 0.00381. The highest BCUT2D eigenvalue weighted by atomic mass is 79.9. The monoisotopic (exact) mass is 668 g/mol. The van der Waals surface area contributed by atoms with E-state index in [-0.39, 0.29) is 23.8 Å². The van der Waals surface area contributed by atoms with E-state index < -0.39 is 16.6 Å². The SMILES string of the molecule is COc1ccc(Br)cc1CCNC(=O)C[C@H]1S[C@@H](c2c#cc(C#CC3=CC=CCC3)cc2)N(c2ccc(C(=O)O)cc2)C1=O. The Morgan fingerprint density at radius 1 is 1.14 bits per heavy atom. The molecule has 3 aromatic carbocycles. The molecule has 0 radical (unpaired) electrons. The number of nitrogens with zero attached hydrogens (tertiary/aromatic N) is 1. The predicted molar refractivity (Wildman–Crippen MR) is 174 cm³/mol. The van der Waals surface area contributed by atoms with Crippen molar-refractivity contribution in [2.75, 3.05) is 18.6 Å². The van der Waals surface area contributed by atoms with E-state index in [1.807, 2.05) is 42.5 Å². The molecule has 1 saturated heterocycles. The number of ether oxygens (including phenoxy) is 1. The molecule has 2 amide bonds. The number of hydrogen-bond acceptors (Lipinski definition) is 5. The molecular weight excluding hydrogens is 640 g/mol. The average Bonchev–Trinajstić information content (AvgIpc) is 3.36. The average molecular weight is 670 g/mol. The zero-order valence-corrected chi connectivity index (χ0v) is 26.3. The number of amides is 2. The van der Waals surface area contributed by atoms with E-state index in [0.29, 0.717) is 29.8 Å². The van der Waals surface area contributed by atoms with Gasteiger partial charge in [0.25, 0.3) is 0 Å². The summed E-state index contributed by atoms with van der Waals surface area (Å²) in [4.78, 5) is 39.7. The van der Waals surface area contributed by atoms with E-state index >= 15 is 0 Å². The van der Waals surface area contributed by atoms with Gasteiger partial charge in [0.15, 0.2) is 0 Å². The Balaban J connectivity index is 1.31. The molecule has 1 aliphatic heterocycles. The number of thioether (sulfide) groups is 1. The molecule has 2 atom stereocenters. The van der Waals surface area contributed by atoms with Gasteiger partial charge in [0.05, 0.1) is 23.5 Å². The van der Waals surface area contributed by atoms with Crippen LogP contribution >= 0.6 is 27.7 Å². The van der Waals surface area contributed by atoms with E-state index in [9.17, 15) is 19.5 Å². The van der Waals surface area contributed by atoms with Crippen molar-refractivity contribution in [1.82, 2.24) is 5.32 Å². The number of carbonyl (C=O) groups excluding carboxylic acids is 2. The fourth-order valence-electron chi connectivity index (χ4n) is 4.91. The van der Waals surface area contributed by atoms with Crippen LogP contribution in [-0.4, -0.2) is 41.8 Å². The first-order valence-corrected chi connectivity index (χ1v) is 15.8. The second-order valence-electron chi connectivity index (χ2n) is 10.2. The van der Waals surface area contributed by atoms with E-state index in [2.05, 4.69) is 51.3 Å². The van der Waals surface area contributed by atoms with Crippen molar-refractivity contribution in [3.8, 4) is 17.6 Å². The number of hydrogen-bond donors (Lipinski definition) is 2. The minimum Gasteiger partial charge on any atom is -0.496 e. The highest BCUT2D eigenvalue weighted by Crippen LogP contribution is 2.46. The van der Waals surface area contributed by atoms with Gasteiger partial charge in [-0.2, -0.15) is 0 Å². The maximum atomic E-state index is 13.7. The van der Waals surface area contributed by atoms with Gasteiger partial charge < -0.3 is 15.2 Å². The predicted octanol–water partition coefficient (Wildman–Crippen LogP) is 6.28. The number of methoxy groups -OCH3 is 1. The smallest absolute Gasteiger partial charge is 0.335 e. The molecule has 1 aliphatic carbocycles. The number of carbonyl (C=O) groups is 3. The summed E-state index contributed by atoms with van der Waals surface area (Å²) in [7, 11) is 1.61. The van der Waals surface area contributed by atoms with Gasteiger partial charge in [-0.1, -0.05) is 58.1 Å². The molecule has 2 aliphatic rings. The Morgan fingerprint density at radius 2 is 1.95 bits per heavy atom. The van der Waals surface area contributed by atoms with E-state index in [0.717, 1.165) is 34.2 Å². The van der Waals surface area contributed by atoms with Crippen LogP contribution in [0.25, 0.3) is 0 Å². The first-order chi connectivity index (χ1) is 21.3. The molecule has 7 nitrogen and oxygen atoms in total. The maximum Gasteiger partial charge on any atom is 0.335 e. The van der Waals surface area contributed by atoms with Gasteiger partial charge in [0.2, 0.25) is 11.8 Å². The van der Waals surface area contributed by atoms with Gasteiger partial charge >= 0.3 is 5.97 Å². The van der Waals surface area contributed by atoms with Gasteiger partial charge in [0, 0.05) is 34.3 Å². The summed E-state index contributed by atoms with van der Waals surface area (Å²) in [5, 5.41) is 11.1. The molecule has 0 bridgehead atoms. The van der Waals surface area contributed by atoms with Crippen LogP contribution < -0.4 is 15.0 Å². The van der Waals surface area contributed by atoms with Crippen molar-refractivity contribution in [3.63, 3.8) is 0 Å². The highest BCUT2D eigenvalue weighted by molar-refractivity contribution is 9.10. The van der Waals surface area contributed by atoms with Crippen LogP contribution in [0.5, 0.6) is 5.75 Å². The Bertz CT molecular complexity index is 1670. The summed E-state index contributed by atoms with van der Waals surface area (Å²) in [5.41, 5.74) is 4.08. The normalized spacial score (nSPS) is 17.3. The molecule has 0 saturated carbocycles. The number of halogens is 1. The molecular formula is C35H29BrN2O5S. The molecule has 1 fully saturated rings. The largest absolute Gasteiger partial charge is 0.496 e. The highest BCUT2D eigenvalue weighted by Gasteiger charge is 2.43. The van der Waals surface area contributed by atoms with Crippen LogP contribution in [0.3, 0.4) is 0 Å². The molecule has 0 spiro atoms. The maximum absolute atomic E-state index is 13.7. The van der Waals surface area contributed by atoms with Crippen LogP contribution in [0.2, 0.25) is 0 Å². The standard InChI is InChI=1S/C35H29BrN2O5S/c1-43-30-18-15-28(36)21-27(30)19-20-37-32(39)22-31-33(40)38(29-16-13-26(14-17-29)35(41)42)34(44-31)25-11-9-24(10-12-25)8-7-23-5-3-2-4-6-23/h2-3,5,9,11,13-18,21,31,34H,4,6,19-20,22H2,1H3,(H,37,39)(H,41,42)/t31-,34+/m1/s1. The third-order valence-corrected chi connectivity index (χ3v) is 9.08. The van der Waals surface area contributed by atoms with Crippen molar-refractivity contribution < 1.29 is 24.2 Å². The Hall–Kier alpha value is -4.44. The summed E-state index contributed by atoms with van der Waals surface area (Å²) in [6, 6.07) is 21.9. The molecule has 222 valence electrons. The first-order valence-electron chi connectivity index (χ1n) is 14.0. The lowest BCUT2D eigenvalue weighted by atomic mass is 10.1. The number of benzene rings is 2. The van der Waals surface area contributed by atoms with Crippen LogP contribution in [-0.2, 0) is 16.0 Å². The number of nitrogens with one attached hydrogen (secondary N) is 1. The van der Waals surface area contributed by atoms with Gasteiger partial charge in [0.1, 0.15) is 11.1 Å². The molecule has 9 heteroatoms. The van der Waals surface area contributed by atoms with Gasteiger partial charge in [-0.3, -0.25) is 14.5 Å². The molecule has 5 rings (SSSR count). The van der Waals surface area contributed by atoms with Crippen molar-refractivity contribution in [1.29, 1.82) is 0 Å². The molecule has 44 heavy (non-hydrogen) atoms. The molecule has 3 aromatic rings. The van der Waals surface area contributed by atoms with Crippen LogP contribution in [0.15, 0.2) is 82.9 Å². The molecule has 2 N–H and O–H groups in total. The zero-order chi connectivity index (χ0) is 31.1. The third kappa shape index (κ3) is 7.55. The van der Waals surface area contributed by atoms with E-state index in [4.69, 9.17) is 4.74 Å². The minimum atomic E-state index is -1.05. The molecule has 1 heterocycles. The summed E-state index contributed by atoms with van der Waals surface area (Å²) in [5.74, 6) is 5.53.